The molecule has 0 saturated heterocycles. The van der Waals surface area contributed by atoms with Gasteiger partial charge in [-0.15, -0.1) is 0 Å². The summed E-state index contributed by atoms with van der Waals surface area (Å²) < 4.78 is 15.7. The Kier molecular flexibility index (Phi) is 5.59. The molecule has 2 aliphatic heterocycles. The number of hydrogen-bond acceptors (Lipinski definition) is 7. The van der Waals surface area contributed by atoms with E-state index in [1.807, 2.05) is 0 Å². The minimum atomic E-state index is -0.444. The van der Waals surface area contributed by atoms with Gasteiger partial charge in [-0.2, -0.15) is 0 Å². The summed E-state index contributed by atoms with van der Waals surface area (Å²) in [7, 11) is 1.51. The molecule has 0 atom stereocenters. The van der Waals surface area contributed by atoms with Crippen molar-refractivity contribution >= 4 is 34.7 Å². The summed E-state index contributed by atoms with van der Waals surface area (Å²) in [5, 5.41) is 5.75. The fourth-order valence-corrected chi connectivity index (χ4v) is 3.39. The van der Waals surface area contributed by atoms with Crippen LogP contribution in [0.1, 0.15) is 12.5 Å². The van der Waals surface area contributed by atoms with Gasteiger partial charge in [-0.05, 0) is 29.8 Å². The second-order valence-electron chi connectivity index (χ2n) is 6.96. The van der Waals surface area contributed by atoms with Crippen molar-refractivity contribution in [1.29, 1.82) is 0 Å². The molecule has 2 N–H and O–H groups in total. The lowest BCUT2D eigenvalue weighted by atomic mass is 10.0. The van der Waals surface area contributed by atoms with E-state index in [-0.39, 0.29) is 37.1 Å². The summed E-state index contributed by atoms with van der Waals surface area (Å²) in [4.78, 5) is 38.6. The van der Waals surface area contributed by atoms with Crippen LogP contribution in [0.15, 0.2) is 48.2 Å². The van der Waals surface area contributed by atoms with E-state index >= 15 is 0 Å². The molecule has 0 aliphatic carbocycles. The van der Waals surface area contributed by atoms with Crippen molar-refractivity contribution in [2.24, 2.45) is 0 Å². The Morgan fingerprint density at radius 2 is 1.74 bits per heavy atom. The highest BCUT2D eigenvalue weighted by atomic mass is 16.7. The van der Waals surface area contributed by atoms with Crippen LogP contribution in [0.3, 0.4) is 0 Å². The first-order valence-corrected chi connectivity index (χ1v) is 9.62. The van der Waals surface area contributed by atoms with Gasteiger partial charge in [0.2, 0.25) is 12.7 Å². The first-order chi connectivity index (χ1) is 15.0. The van der Waals surface area contributed by atoms with E-state index in [2.05, 4.69) is 10.6 Å². The normalized spacial score (nSPS) is 15.0. The highest BCUT2D eigenvalue weighted by Crippen LogP contribution is 2.36. The number of fused-ring (bicyclic) bond motifs is 1. The van der Waals surface area contributed by atoms with Crippen LogP contribution in [0.2, 0.25) is 0 Å². The van der Waals surface area contributed by atoms with E-state index in [0.717, 1.165) is 4.90 Å². The highest BCUT2D eigenvalue weighted by molar-refractivity contribution is 6.36. The first kappa shape index (κ1) is 20.4. The number of benzene rings is 2. The molecule has 3 amide bonds. The van der Waals surface area contributed by atoms with E-state index in [4.69, 9.17) is 14.2 Å². The fraction of sp³-hybridized carbons (Fsp3) is 0.227. The molecule has 2 aliphatic rings. The van der Waals surface area contributed by atoms with Crippen LogP contribution in [-0.4, -0.2) is 49.7 Å². The lowest BCUT2D eigenvalue weighted by Crippen LogP contribution is -2.35. The third-order valence-electron chi connectivity index (χ3n) is 4.82. The molecule has 4 rings (SSSR count). The van der Waals surface area contributed by atoms with Crippen LogP contribution in [0, 0.1) is 0 Å². The molecule has 2 aromatic rings. The summed E-state index contributed by atoms with van der Waals surface area (Å²) in [5.74, 6) is 0.108. The third-order valence-corrected chi connectivity index (χ3v) is 4.82. The number of nitrogens with one attached hydrogen (secondary N) is 2. The van der Waals surface area contributed by atoms with Crippen molar-refractivity contribution in [3.63, 3.8) is 0 Å². The van der Waals surface area contributed by atoms with E-state index in [1.165, 1.54) is 14.0 Å². The van der Waals surface area contributed by atoms with Crippen LogP contribution in [0.25, 0.3) is 5.57 Å². The molecule has 0 unspecified atom stereocenters. The molecular formula is C22H21N3O6. The Labute approximate surface area is 178 Å². The maximum atomic E-state index is 13.1. The van der Waals surface area contributed by atoms with Crippen molar-refractivity contribution in [2.45, 2.75) is 6.92 Å². The number of anilines is 2. The molecule has 0 bridgehead atoms. The van der Waals surface area contributed by atoms with Gasteiger partial charge in [0.15, 0.2) is 11.5 Å². The third kappa shape index (κ3) is 4.08. The molecule has 0 fully saturated rings. The molecule has 160 valence electrons. The molecule has 9 heteroatoms. The topological polar surface area (TPSA) is 106 Å². The number of carbonyl (C=O) groups excluding carboxylic acids is 3. The number of hydrogen-bond donors (Lipinski definition) is 2. The number of rotatable bonds is 7. The average molecular weight is 423 g/mol. The predicted molar refractivity (Wildman–Crippen MR) is 112 cm³/mol. The smallest absolute Gasteiger partial charge is 0.278 e. The zero-order valence-corrected chi connectivity index (χ0v) is 17.1. The minimum absolute atomic E-state index is 0.133. The maximum Gasteiger partial charge on any atom is 0.278 e. The van der Waals surface area contributed by atoms with Crippen molar-refractivity contribution in [2.75, 3.05) is 37.7 Å². The summed E-state index contributed by atoms with van der Waals surface area (Å²) in [5.41, 5.74) is 2.13. The quantitative estimate of drug-likeness (QED) is 0.658. The van der Waals surface area contributed by atoms with Crippen LogP contribution in [0.5, 0.6) is 11.5 Å². The van der Waals surface area contributed by atoms with Gasteiger partial charge in [0.05, 0.1) is 18.7 Å². The average Bonchev–Trinajstić information content (AvgIpc) is 3.30. The number of methoxy groups -OCH3 is 1. The van der Waals surface area contributed by atoms with Crippen molar-refractivity contribution in [3.05, 3.63) is 53.7 Å². The number of ether oxygens (including phenoxy) is 3. The van der Waals surface area contributed by atoms with E-state index in [0.29, 0.717) is 28.4 Å². The summed E-state index contributed by atoms with van der Waals surface area (Å²) in [6.07, 6.45) is 0. The molecule has 2 aromatic carbocycles. The van der Waals surface area contributed by atoms with E-state index in [9.17, 15) is 14.4 Å². The zero-order valence-electron chi connectivity index (χ0n) is 17.1. The van der Waals surface area contributed by atoms with Crippen LogP contribution >= 0.6 is 0 Å². The molecule has 0 spiro atoms. The van der Waals surface area contributed by atoms with Gasteiger partial charge in [0, 0.05) is 31.5 Å². The largest absolute Gasteiger partial charge is 0.454 e. The van der Waals surface area contributed by atoms with Gasteiger partial charge in [-0.3, -0.25) is 19.3 Å². The number of carbonyl (C=O) groups is 3. The van der Waals surface area contributed by atoms with Gasteiger partial charge in [-0.25, -0.2) is 0 Å². The summed E-state index contributed by atoms with van der Waals surface area (Å²) in [6.45, 7) is 1.91. The van der Waals surface area contributed by atoms with Gasteiger partial charge in [0.1, 0.15) is 5.70 Å². The lowest BCUT2D eigenvalue weighted by molar-refractivity contribution is -0.137. The number of amides is 3. The van der Waals surface area contributed by atoms with Gasteiger partial charge in [0.25, 0.3) is 11.8 Å². The molecule has 0 radical (unpaired) electrons. The van der Waals surface area contributed by atoms with Crippen molar-refractivity contribution < 1.29 is 28.6 Å². The summed E-state index contributed by atoms with van der Waals surface area (Å²) in [6, 6.07) is 11.9. The standard InChI is InChI=1S/C22H21N3O6/c1-13(26)23-15-5-3-14(4-6-15)19-20(22(28)25(21(19)27)9-10-29-2)24-16-7-8-17-18(11-16)31-12-30-17/h3-8,11,24H,9-10,12H2,1-2H3,(H,23,26). The SMILES string of the molecule is COCCN1C(=O)C(Nc2ccc3c(c2)OCO3)=C(c2ccc(NC(C)=O)cc2)C1=O. The Balaban J connectivity index is 1.70. The van der Waals surface area contributed by atoms with E-state index in [1.54, 1.807) is 42.5 Å². The molecule has 0 saturated carbocycles. The van der Waals surface area contributed by atoms with Gasteiger partial charge < -0.3 is 24.8 Å². The van der Waals surface area contributed by atoms with Crippen molar-refractivity contribution in [1.82, 2.24) is 4.90 Å². The minimum Gasteiger partial charge on any atom is -0.454 e. The molecule has 31 heavy (non-hydrogen) atoms. The first-order valence-electron chi connectivity index (χ1n) is 9.62. The number of nitrogens with zero attached hydrogens (tertiary/aromatic N) is 1. The Hall–Kier alpha value is -3.85. The number of imide groups is 1. The molecule has 2 heterocycles. The van der Waals surface area contributed by atoms with Crippen molar-refractivity contribution in [3.8, 4) is 11.5 Å². The van der Waals surface area contributed by atoms with Gasteiger partial charge in [-0.1, -0.05) is 12.1 Å². The van der Waals surface area contributed by atoms with E-state index < -0.39 is 11.8 Å². The molecule has 0 aromatic heterocycles. The second-order valence-corrected chi connectivity index (χ2v) is 6.96. The Morgan fingerprint density at radius 3 is 2.45 bits per heavy atom. The maximum absolute atomic E-state index is 13.1. The zero-order chi connectivity index (χ0) is 22.0. The Bertz CT molecular complexity index is 1080. The lowest BCUT2D eigenvalue weighted by Gasteiger charge is -2.14. The highest BCUT2D eigenvalue weighted by Gasteiger charge is 2.39. The second kappa shape index (κ2) is 8.49. The molecule has 9 nitrogen and oxygen atoms in total. The monoisotopic (exact) mass is 423 g/mol. The van der Waals surface area contributed by atoms with Crippen LogP contribution in [-0.2, 0) is 19.1 Å². The predicted octanol–water partition coefficient (Wildman–Crippen LogP) is 2.21. The fourth-order valence-electron chi connectivity index (χ4n) is 3.39. The van der Waals surface area contributed by atoms with Crippen LogP contribution < -0.4 is 20.1 Å². The molecular weight excluding hydrogens is 402 g/mol. The summed E-state index contributed by atoms with van der Waals surface area (Å²) >= 11 is 0. The van der Waals surface area contributed by atoms with Gasteiger partial charge >= 0.3 is 0 Å². The Morgan fingerprint density at radius 1 is 1.03 bits per heavy atom. The van der Waals surface area contributed by atoms with Crippen LogP contribution in [0.4, 0.5) is 11.4 Å².